The third-order valence-corrected chi connectivity index (χ3v) is 4.10. The van der Waals surface area contributed by atoms with Gasteiger partial charge in [0.15, 0.2) is 5.17 Å². The number of nitrogens with one attached hydrogen (secondary N) is 3. The van der Waals surface area contributed by atoms with E-state index in [-0.39, 0.29) is 23.4 Å². The number of benzene rings is 1. The molecule has 1 aliphatic rings. The van der Waals surface area contributed by atoms with Gasteiger partial charge in [-0.15, -0.1) is 5.10 Å². The lowest BCUT2D eigenvalue weighted by molar-refractivity contribution is -0.122. The molecule has 1 fully saturated rings. The van der Waals surface area contributed by atoms with Crippen LogP contribution in [0.2, 0.25) is 0 Å². The van der Waals surface area contributed by atoms with E-state index in [0.717, 1.165) is 16.2 Å². The Bertz CT molecular complexity index is 591. The zero-order valence-electron chi connectivity index (χ0n) is 10.6. The molecule has 9 heteroatoms. The number of hydrogen-bond donors (Lipinski definition) is 3. The second kappa shape index (κ2) is 7.23. The van der Waals surface area contributed by atoms with E-state index >= 15 is 0 Å². The summed E-state index contributed by atoms with van der Waals surface area (Å²) in [5, 5.41) is 8.54. The number of hydrazone groups is 1. The van der Waals surface area contributed by atoms with Crippen molar-refractivity contribution < 1.29 is 14.4 Å². The second-order valence-electron chi connectivity index (χ2n) is 4.02. The average molecular weight is 371 g/mol. The summed E-state index contributed by atoms with van der Waals surface area (Å²) < 4.78 is 0.912. The van der Waals surface area contributed by atoms with Crippen LogP contribution in [0.3, 0.4) is 0 Å². The van der Waals surface area contributed by atoms with Crippen molar-refractivity contribution >= 4 is 56.8 Å². The predicted molar refractivity (Wildman–Crippen MR) is 83.5 cm³/mol. The van der Waals surface area contributed by atoms with Crippen LogP contribution in [0.1, 0.15) is 6.42 Å². The molecule has 1 atom stereocenters. The molecule has 0 bridgehead atoms. The van der Waals surface area contributed by atoms with E-state index in [4.69, 9.17) is 0 Å². The first-order chi connectivity index (χ1) is 10.1. The van der Waals surface area contributed by atoms with Crippen LogP contribution >= 0.6 is 27.7 Å². The molecule has 2 rings (SSSR count). The summed E-state index contributed by atoms with van der Waals surface area (Å²) in [4.78, 5) is 33.7. The summed E-state index contributed by atoms with van der Waals surface area (Å²) in [7, 11) is 0. The van der Waals surface area contributed by atoms with Crippen LogP contribution in [-0.4, -0.2) is 28.6 Å². The minimum atomic E-state index is -0.562. The summed E-state index contributed by atoms with van der Waals surface area (Å²) in [6, 6.07) is 7.13. The number of amidine groups is 1. The van der Waals surface area contributed by atoms with Crippen LogP contribution in [0.25, 0.3) is 0 Å². The largest absolute Gasteiger partial charge is 0.326 e. The number of anilines is 1. The topological polar surface area (TPSA) is 99.7 Å². The molecule has 0 saturated carbocycles. The van der Waals surface area contributed by atoms with E-state index in [1.165, 1.54) is 0 Å². The number of carbonyl (C=O) groups is 3. The van der Waals surface area contributed by atoms with E-state index < -0.39 is 5.25 Å². The predicted octanol–water partition coefficient (Wildman–Crippen LogP) is 1.03. The van der Waals surface area contributed by atoms with E-state index in [1.54, 1.807) is 12.1 Å². The number of carbonyl (C=O) groups excluding carboxylic acids is 3. The molecular weight excluding hydrogens is 360 g/mol. The fraction of sp³-hybridized carbons (Fsp3) is 0.167. The summed E-state index contributed by atoms with van der Waals surface area (Å²) in [5.41, 5.74) is 2.75. The fourth-order valence-electron chi connectivity index (χ4n) is 1.59. The lowest BCUT2D eigenvalue weighted by atomic mass is 10.2. The maximum Gasteiger partial charge on any atom is 0.240 e. The Labute approximate surface area is 133 Å². The Morgan fingerprint density at radius 2 is 2.14 bits per heavy atom. The first-order valence-electron chi connectivity index (χ1n) is 5.88. The van der Waals surface area contributed by atoms with Crippen molar-refractivity contribution in [2.75, 3.05) is 5.32 Å². The third kappa shape index (κ3) is 4.57. The maximum absolute atomic E-state index is 11.9. The average Bonchev–Trinajstić information content (AvgIpc) is 2.79. The van der Waals surface area contributed by atoms with E-state index in [0.29, 0.717) is 12.1 Å². The van der Waals surface area contributed by atoms with Crippen molar-refractivity contribution in [3.05, 3.63) is 28.7 Å². The van der Waals surface area contributed by atoms with Crippen molar-refractivity contribution in [3.8, 4) is 0 Å². The summed E-state index contributed by atoms with van der Waals surface area (Å²) in [6.45, 7) is 0. The minimum absolute atomic E-state index is 0.0205. The molecule has 0 radical (unpaired) electrons. The van der Waals surface area contributed by atoms with E-state index in [1.807, 2.05) is 12.1 Å². The van der Waals surface area contributed by atoms with Gasteiger partial charge in [0.05, 0.1) is 0 Å². The number of halogens is 1. The van der Waals surface area contributed by atoms with Crippen molar-refractivity contribution in [3.63, 3.8) is 0 Å². The number of hydrogen-bond acceptors (Lipinski definition) is 5. The standard InChI is InChI=1S/C12H11BrN4O3S/c13-7-1-3-8(4-2-7)15-10(19)5-9-11(20)16-12(21-9)17-14-6-18/h1-4,6,9H,5H2,(H,14,18)(H,15,19)(H,16,17,20). The van der Waals surface area contributed by atoms with Gasteiger partial charge in [0.25, 0.3) is 0 Å². The monoisotopic (exact) mass is 370 g/mol. The molecule has 21 heavy (non-hydrogen) atoms. The summed E-state index contributed by atoms with van der Waals surface area (Å²) in [5.74, 6) is -0.577. The smallest absolute Gasteiger partial charge is 0.240 e. The van der Waals surface area contributed by atoms with Crippen molar-refractivity contribution in [1.82, 2.24) is 10.7 Å². The molecule has 0 spiro atoms. The Hall–Kier alpha value is -1.87. The van der Waals surface area contributed by atoms with Gasteiger partial charge in [-0.25, -0.2) is 5.43 Å². The van der Waals surface area contributed by atoms with Gasteiger partial charge >= 0.3 is 0 Å². The molecule has 1 saturated heterocycles. The molecule has 0 aromatic heterocycles. The molecule has 1 heterocycles. The molecule has 3 amide bonds. The van der Waals surface area contributed by atoms with E-state index in [2.05, 4.69) is 37.1 Å². The molecule has 1 aliphatic heterocycles. The van der Waals surface area contributed by atoms with Gasteiger partial charge in [0, 0.05) is 16.6 Å². The summed E-state index contributed by atoms with van der Waals surface area (Å²) in [6.07, 6.45) is 0.417. The Morgan fingerprint density at radius 3 is 2.81 bits per heavy atom. The van der Waals surface area contributed by atoms with Crippen molar-refractivity contribution in [2.45, 2.75) is 11.7 Å². The molecule has 0 aliphatic carbocycles. The number of rotatable bonds is 5. The van der Waals surface area contributed by atoms with Crippen molar-refractivity contribution in [2.24, 2.45) is 5.10 Å². The van der Waals surface area contributed by atoms with Gasteiger partial charge < -0.3 is 10.6 Å². The quantitative estimate of drug-likeness (QED) is 0.532. The van der Waals surface area contributed by atoms with Gasteiger partial charge in [0.1, 0.15) is 5.25 Å². The molecular formula is C12H11BrN4O3S. The highest BCUT2D eigenvalue weighted by molar-refractivity contribution is 9.10. The van der Waals surface area contributed by atoms with Crippen LogP contribution in [0.4, 0.5) is 5.69 Å². The fourth-order valence-corrected chi connectivity index (χ4v) is 2.79. The van der Waals surface area contributed by atoms with Gasteiger partial charge in [0.2, 0.25) is 18.2 Å². The second-order valence-corrected chi connectivity index (χ2v) is 6.13. The zero-order valence-corrected chi connectivity index (χ0v) is 13.0. The first-order valence-corrected chi connectivity index (χ1v) is 7.55. The third-order valence-electron chi connectivity index (χ3n) is 2.49. The van der Waals surface area contributed by atoms with Gasteiger partial charge in [-0.1, -0.05) is 27.7 Å². The van der Waals surface area contributed by atoms with Crippen LogP contribution in [-0.2, 0) is 14.4 Å². The lowest BCUT2D eigenvalue weighted by Crippen LogP contribution is -2.28. The first kappa shape index (κ1) is 15.5. The molecule has 1 aromatic carbocycles. The highest BCUT2D eigenvalue weighted by Gasteiger charge is 2.32. The lowest BCUT2D eigenvalue weighted by Gasteiger charge is -2.07. The highest BCUT2D eigenvalue weighted by atomic mass is 79.9. The summed E-state index contributed by atoms with van der Waals surface area (Å²) >= 11 is 4.40. The Balaban J connectivity index is 1.89. The van der Waals surface area contributed by atoms with Crippen LogP contribution < -0.4 is 16.1 Å². The Kier molecular flexibility index (Phi) is 5.34. The number of amides is 3. The maximum atomic E-state index is 11.9. The SMILES string of the molecule is O=CN/N=C1\NC(=O)C(CC(=O)Nc2ccc(Br)cc2)S1. The number of thioether (sulfide) groups is 1. The molecule has 1 aromatic rings. The van der Waals surface area contributed by atoms with Gasteiger partial charge in [-0.3, -0.25) is 14.4 Å². The molecule has 110 valence electrons. The Morgan fingerprint density at radius 1 is 1.43 bits per heavy atom. The molecule has 7 nitrogen and oxygen atoms in total. The number of nitrogens with zero attached hydrogens (tertiary/aromatic N) is 1. The van der Waals surface area contributed by atoms with Crippen LogP contribution in [0.15, 0.2) is 33.8 Å². The van der Waals surface area contributed by atoms with Gasteiger partial charge in [-0.05, 0) is 24.3 Å². The van der Waals surface area contributed by atoms with Crippen molar-refractivity contribution in [1.29, 1.82) is 0 Å². The highest BCUT2D eigenvalue weighted by Crippen LogP contribution is 2.23. The van der Waals surface area contributed by atoms with E-state index in [9.17, 15) is 14.4 Å². The normalized spacial score (nSPS) is 19.2. The van der Waals surface area contributed by atoms with Gasteiger partial charge in [-0.2, -0.15) is 0 Å². The minimum Gasteiger partial charge on any atom is -0.326 e. The van der Waals surface area contributed by atoms with Crippen LogP contribution in [0, 0.1) is 0 Å². The molecule has 3 N–H and O–H groups in total. The molecule has 1 unspecified atom stereocenters. The zero-order chi connectivity index (χ0) is 15.2. The van der Waals surface area contributed by atoms with Crippen LogP contribution in [0.5, 0.6) is 0 Å².